The first-order valence-electron chi connectivity index (χ1n) is 15.9. The van der Waals surface area contributed by atoms with Crippen molar-refractivity contribution < 1.29 is 13.6 Å². The number of carbonyl (C=O) groups excluding carboxylic acids is 1. The molecule has 4 heterocycles. The molecule has 2 fully saturated rings. The number of hydrogen-bond donors (Lipinski definition) is 3. The van der Waals surface area contributed by atoms with Crippen LogP contribution in [0.25, 0.3) is 0 Å². The number of aryl methyl sites for hydroxylation is 2. The Balaban J connectivity index is 0.000000188. The Hall–Kier alpha value is -4.19. The molecule has 256 valence electrons. The molecule has 4 aromatic rings. The fourth-order valence-corrected chi connectivity index (χ4v) is 5.75. The summed E-state index contributed by atoms with van der Waals surface area (Å²) in [6.07, 6.45) is 9.55. The normalized spacial score (nSPS) is 14.8. The molecule has 2 amide bonds. The molecular weight excluding hydrogens is 657 g/mol. The second kappa shape index (κ2) is 18.4. The Morgan fingerprint density at radius 1 is 0.771 bits per heavy atom. The minimum absolute atomic E-state index is 0.00648. The van der Waals surface area contributed by atoms with Gasteiger partial charge in [-0.05, 0) is 92.9 Å². The molecule has 2 aliphatic rings. The molecule has 0 spiro atoms. The highest BCUT2D eigenvalue weighted by Crippen LogP contribution is 2.22. The van der Waals surface area contributed by atoms with E-state index >= 15 is 0 Å². The van der Waals surface area contributed by atoms with Crippen molar-refractivity contribution in [3.05, 3.63) is 106 Å². The maximum Gasteiger partial charge on any atom is 0.321 e. The van der Waals surface area contributed by atoms with Gasteiger partial charge in [-0.1, -0.05) is 23.2 Å². The van der Waals surface area contributed by atoms with Gasteiger partial charge < -0.3 is 31.1 Å². The van der Waals surface area contributed by atoms with Crippen molar-refractivity contribution in [3.63, 3.8) is 0 Å². The molecule has 0 bridgehead atoms. The number of halogens is 4. The van der Waals surface area contributed by atoms with Crippen LogP contribution in [-0.2, 0) is 0 Å². The van der Waals surface area contributed by atoms with Gasteiger partial charge in [0.1, 0.15) is 11.6 Å². The lowest BCUT2D eigenvalue weighted by Gasteiger charge is -2.25. The van der Waals surface area contributed by atoms with Crippen LogP contribution in [0.5, 0.6) is 0 Å². The van der Waals surface area contributed by atoms with E-state index in [4.69, 9.17) is 28.9 Å². The number of urea groups is 1. The summed E-state index contributed by atoms with van der Waals surface area (Å²) >= 11 is 11.1. The molecule has 4 N–H and O–H groups in total. The van der Waals surface area contributed by atoms with Gasteiger partial charge in [-0.2, -0.15) is 0 Å². The molecule has 0 aliphatic carbocycles. The lowest BCUT2D eigenvalue weighted by molar-refractivity contribution is 0.215. The van der Waals surface area contributed by atoms with Gasteiger partial charge in [0.25, 0.3) is 0 Å². The third-order valence-corrected chi connectivity index (χ3v) is 8.48. The Morgan fingerprint density at radius 2 is 1.38 bits per heavy atom. The Morgan fingerprint density at radius 3 is 1.98 bits per heavy atom. The molecule has 2 aromatic heterocycles. The number of pyridine rings is 2. The van der Waals surface area contributed by atoms with Gasteiger partial charge >= 0.3 is 6.03 Å². The van der Waals surface area contributed by atoms with E-state index in [0.29, 0.717) is 24.5 Å². The van der Waals surface area contributed by atoms with Crippen LogP contribution < -0.4 is 26.2 Å². The second-order valence-corrected chi connectivity index (χ2v) is 12.3. The van der Waals surface area contributed by atoms with Gasteiger partial charge in [0.15, 0.2) is 0 Å². The summed E-state index contributed by atoms with van der Waals surface area (Å²) in [4.78, 5) is 27.2. The number of nitrogen functional groups attached to an aromatic ring is 1. The van der Waals surface area contributed by atoms with Crippen molar-refractivity contribution in [1.29, 1.82) is 0 Å². The number of carbonyl (C=O) groups is 1. The Kier molecular flexibility index (Phi) is 14.0. The first-order chi connectivity index (χ1) is 23.1. The van der Waals surface area contributed by atoms with Crippen molar-refractivity contribution in [2.45, 2.75) is 26.7 Å². The van der Waals surface area contributed by atoms with Gasteiger partial charge in [-0.3, -0.25) is 9.97 Å². The van der Waals surface area contributed by atoms with Crippen LogP contribution in [0.3, 0.4) is 0 Å². The number of nitrogens with one attached hydrogen (secondary N) is 2. The van der Waals surface area contributed by atoms with Crippen molar-refractivity contribution in [3.8, 4) is 0 Å². The summed E-state index contributed by atoms with van der Waals surface area (Å²) in [5, 5.41) is 6.25. The van der Waals surface area contributed by atoms with Crippen LogP contribution in [0.4, 0.5) is 36.3 Å². The average molecular weight is 700 g/mol. The van der Waals surface area contributed by atoms with Crippen LogP contribution in [0.15, 0.2) is 73.3 Å². The number of benzene rings is 2. The highest BCUT2D eigenvalue weighted by molar-refractivity contribution is 6.31. The minimum Gasteiger partial charge on any atom is -0.399 e. The number of nitrogens with zero attached hydrogens (tertiary/aromatic N) is 5. The van der Waals surface area contributed by atoms with E-state index in [9.17, 15) is 13.6 Å². The SMILES string of the molecule is Cc1cnccc1N1CCCN(C(=O)Nc2ccc(F)c(Cl)c2)CC1.Cc1cnccc1N1CCCNCC1.Nc1ccc(F)c(Cl)c1. The lowest BCUT2D eigenvalue weighted by Crippen LogP contribution is -2.38. The standard InChI is InChI=1S/C18H20ClFN4O.C11H17N3.C6H5ClFN/c1-13-12-21-6-5-17(13)23-7-2-8-24(10-9-23)18(25)22-14-3-4-16(20)15(19)11-14;1-10-9-13-5-3-11(10)14-7-2-4-12-6-8-14;7-5-3-4(9)1-2-6(5)8/h3-6,11-12H,2,7-10H2,1H3,(H,22,25);3,5,9,12H,2,4,6-8H2,1H3;1-3H,9H2. The van der Waals surface area contributed by atoms with Gasteiger partial charge in [-0.15, -0.1) is 0 Å². The van der Waals surface area contributed by atoms with Crippen molar-refractivity contribution >= 4 is 52.0 Å². The summed E-state index contributed by atoms with van der Waals surface area (Å²) in [6.45, 7) is 11.6. The van der Waals surface area contributed by atoms with E-state index in [2.05, 4.69) is 43.4 Å². The van der Waals surface area contributed by atoms with Crippen LogP contribution in [0.1, 0.15) is 24.0 Å². The monoisotopic (exact) mass is 698 g/mol. The predicted octanol–water partition coefficient (Wildman–Crippen LogP) is 7.18. The largest absolute Gasteiger partial charge is 0.399 e. The molecule has 0 radical (unpaired) electrons. The molecule has 2 aliphatic heterocycles. The first-order valence-corrected chi connectivity index (χ1v) is 16.6. The molecule has 0 saturated carbocycles. The zero-order valence-corrected chi connectivity index (χ0v) is 28.7. The van der Waals surface area contributed by atoms with Crippen molar-refractivity contribution in [2.75, 3.05) is 73.2 Å². The van der Waals surface area contributed by atoms with Gasteiger partial charge in [0.2, 0.25) is 0 Å². The van der Waals surface area contributed by atoms with Gasteiger partial charge in [-0.25, -0.2) is 13.6 Å². The molecule has 0 unspecified atom stereocenters. The summed E-state index contributed by atoms with van der Waals surface area (Å²) in [5.74, 6) is -0.941. The van der Waals surface area contributed by atoms with E-state index in [1.165, 1.54) is 54.1 Å². The maximum atomic E-state index is 13.2. The first kappa shape index (κ1) is 36.6. The Labute approximate surface area is 291 Å². The number of hydrogen-bond acceptors (Lipinski definition) is 7. The van der Waals surface area contributed by atoms with Crippen LogP contribution >= 0.6 is 23.2 Å². The Bertz CT molecular complexity index is 1640. The van der Waals surface area contributed by atoms with Crippen LogP contribution in [0.2, 0.25) is 10.0 Å². The molecule has 0 atom stereocenters. The van der Waals surface area contributed by atoms with E-state index in [0.717, 1.165) is 56.9 Å². The maximum absolute atomic E-state index is 13.2. The molecule has 2 aromatic carbocycles. The van der Waals surface area contributed by atoms with E-state index < -0.39 is 11.6 Å². The van der Waals surface area contributed by atoms with Crippen molar-refractivity contribution in [2.24, 2.45) is 0 Å². The lowest BCUT2D eigenvalue weighted by atomic mass is 10.2. The fourth-order valence-electron chi connectivity index (χ4n) is 5.38. The number of amides is 2. The summed E-state index contributed by atoms with van der Waals surface area (Å²) in [6, 6.07) is 12.1. The molecule has 6 rings (SSSR count). The number of anilines is 4. The highest BCUT2D eigenvalue weighted by Gasteiger charge is 2.20. The zero-order valence-electron chi connectivity index (χ0n) is 27.2. The van der Waals surface area contributed by atoms with Crippen LogP contribution in [-0.4, -0.2) is 73.3 Å². The topological polar surface area (TPSA) is 103 Å². The summed E-state index contributed by atoms with van der Waals surface area (Å²) in [5.41, 5.74) is 11.1. The van der Waals surface area contributed by atoms with Crippen LogP contribution in [0, 0.1) is 25.5 Å². The quantitative estimate of drug-likeness (QED) is 0.195. The average Bonchev–Trinajstić information content (AvgIpc) is 3.50. The smallest absolute Gasteiger partial charge is 0.321 e. The molecule has 13 heteroatoms. The molecule has 48 heavy (non-hydrogen) atoms. The third kappa shape index (κ3) is 10.9. The van der Waals surface area contributed by atoms with Gasteiger partial charge in [0, 0.05) is 93.4 Å². The zero-order chi connectivity index (χ0) is 34.5. The fraction of sp³-hybridized carbons (Fsp3) is 0.343. The molecular formula is C35H42Cl2F2N8O. The van der Waals surface area contributed by atoms with E-state index in [-0.39, 0.29) is 16.1 Å². The summed E-state index contributed by atoms with van der Waals surface area (Å²) in [7, 11) is 0. The predicted molar refractivity (Wildman–Crippen MR) is 192 cm³/mol. The number of nitrogens with two attached hydrogens (primary N) is 1. The van der Waals surface area contributed by atoms with E-state index in [1.807, 2.05) is 31.6 Å². The highest BCUT2D eigenvalue weighted by atomic mass is 35.5. The molecule has 9 nitrogen and oxygen atoms in total. The molecule has 2 saturated heterocycles. The van der Waals surface area contributed by atoms with E-state index in [1.54, 1.807) is 11.1 Å². The van der Waals surface area contributed by atoms with Crippen molar-refractivity contribution in [1.82, 2.24) is 20.2 Å². The van der Waals surface area contributed by atoms with Gasteiger partial charge in [0.05, 0.1) is 10.0 Å². The number of rotatable bonds is 3. The minimum atomic E-state index is -0.502. The summed E-state index contributed by atoms with van der Waals surface area (Å²) < 4.78 is 25.5. The second-order valence-electron chi connectivity index (χ2n) is 11.5. The third-order valence-electron chi connectivity index (χ3n) is 7.90. The number of aromatic nitrogens is 2.